The molecule has 26 heavy (non-hydrogen) atoms. The quantitative estimate of drug-likeness (QED) is 0.900. The van der Waals surface area contributed by atoms with Crippen LogP contribution in [-0.2, 0) is 22.4 Å². The highest BCUT2D eigenvalue weighted by molar-refractivity contribution is 5.82. The van der Waals surface area contributed by atoms with Crippen molar-refractivity contribution in [2.45, 2.75) is 31.7 Å². The second kappa shape index (κ2) is 6.90. The van der Waals surface area contributed by atoms with Gasteiger partial charge in [-0.3, -0.25) is 9.59 Å². The van der Waals surface area contributed by atoms with Gasteiger partial charge >= 0.3 is 5.97 Å². The van der Waals surface area contributed by atoms with Crippen LogP contribution in [0.5, 0.6) is 0 Å². The Labute approximate surface area is 151 Å². The van der Waals surface area contributed by atoms with Gasteiger partial charge in [0, 0.05) is 19.5 Å². The number of rotatable bonds is 4. The average molecular weight is 354 g/mol. The molecule has 0 radical (unpaired) electrons. The molecule has 1 aromatic heterocycles. The topological polar surface area (TPSA) is 88.3 Å². The van der Waals surface area contributed by atoms with Crippen LogP contribution in [0.1, 0.15) is 30.3 Å². The summed E-state index contributed by atoms with van der Waals surface area (Å²) in [5.41, 5.74) is 1.11. The number of carbonyl (C=O) groups is 2. The minimum absolute atomic E-state index is 0.0294. The zero-order valence-electron chi connectivity index (χ0n) is 14.5. The Kier molecular flexibility index (Phi) is 4.44. The predicted octanol–water partition coefficient (Wildman–Crippen LogP) is 1.56. The van der Waals surface area contributed by atoms with Gasteiger partial charge in [-0.05, 0) is 30.7 Å². The van der Waals surface area contributed by atoms with Crippen LogP contribution in [0, 0.1) is 11.8 Å². The molecule has 1 fully saturated rings. The van der Waals surface area contributed by atoms with Crippen LogP contribution in [0.25, 0.3) is 0 Å². The van der Waals surface area contributed by atoms with E-state index in [1.165, 1.54) is 6.33 Å². The lowest BCUT2D eigenvalue weighted by Crippen LogP contribution is -2.38. The molecule has 1 amide bonds. The fourth-order valence-corrected chi connectivity index (χ4v) is 4.18. The van der Waals surface area contributed by atoms with Crippen LogP contribution in [-0.4, -0.2) is 49.7 Å². The Morgan fingerprint density at radius 2 is 2.00 bits per heavy atom. The number of amides is 1. The monoisotopic (exact) mass is 354 g/mol. The second-order valence-electron chi connectivity index (χ2n) is 7.17. The standard InChI is InChI=1S/C19H22N4O3/c24-18(16-7-4-8-17-20-12-21-23(16)17)22-10-14(15(11-22)19(25)26)9-13-5-2-1-3-6-13/h1-3,5-6,12,14-16H,4,7-11H2,(H,25,26)/t14-,15-,16?/m1/s1. The van der Waals surface area contributed by atoms with E-state index in [1.54, 1.807) is 9.58 Å². The first kappa shape index (κ1) is 16.8. The van der Waals surface area contributed by atoms with E-state index in [-0.39, 0.29) is 24.4 Å². The predicted molar refractivity (Wildman–Crippen MR) is 93.3 cm³/mol. The fourth-order valence-electron chi connectivity index (χ4n) is 4.18. The number of aliphatic carboxylic acids is 1. The van der Waals surface area contributed by atoms with Gasteiger partial charge in [0.05, 0.1) is 5.92 Å². The van der Waals surface area contributed by atoms with Crippen molar-refractivity contribution in [3.8, 4) is 0 Å². The molecule has 1 aromatic carbocycles. The molecule has 2 aromatic rings. The summed E-state index contributed by atoms with van der Waals surface area (Å²) in [5, 5.41) is 13.8. The highest BCUT2D eigenvalue weighted by Crippen LogP contribution is 2.31. The SMILES string of the molecule is O=C(O)[C@@H]1CN(C(=O)C2CCCc3ncnn32)C[C@H]1Cc1ccccc1. The third-order valence-corrected chi connectivity index (χ3v) is 5.52. The van der Waals surface area contributed by atoms with E-state index >= 15 is 0 Å². The van der Waals surface area contributed by atoms with Crippen LogP contribution < -0.4 is 0 Å². The molecule has 7 nitrogen and oxygen atoms in total. The third-order valence-electron chi connectivity index (χ3n) is 5.52. The maximum atomic E-state index is 13.1. The van der Waals surface area contributed by atoms with Crippen molar-refractivity contribution >= 4 is 11.9 Å². The number of carboxylic acid groups (broad SMARTS) is 1. The van der Waals surface area contributed by atoms with Crippen LogP contribution in [0.2, 0.25) is 0 Å². The van der Waals surface area contributed by atoms with E-state index in [4.69, 9.17) is 0 Å². The molecule has 0 aliphatic carbocycles. The third kappa shape index (κ3) is 3.09. The van der Waals surface area contributed by atoms with Crippen LogP contribution in [0.4, 0.5) is 0 Å². The molecule has 7 heteroatoms. The molecule has 0 spiro atoms. The number of hydrogen-bond acceptors (Lipinski definition) is 4. The summed E-state index contributed by atoms with van der Waals surface area (Å²) in [6.07, 6.45) is 4.62. The first-order chi connectivity index (χ1) is 12.6. The summed E-state index contributed by atoms with van der Waals surface area (Å²) in [7, 11) is 0. The zero-order chi connectivity index (χ0) is 18.1. The van der Waals surface area contributed by atoms with Gasteiger partial charge in [0.1, 0.15) is 18.2 Å². The molecule has 136 valence electrons. The maximum Gasteiger partial charge on any atom is 0.308 e. The smallest absolute Gasteiger partial charge is 0.308 e. The van der Waals surface area contributed by atoms with E-state index < -0.39 is 11.9 Å². The van der Waals surface area contributed by atoms with Crippen LogP contribution >= 0.6 is 0 Å². The largest absolute Gasteiger partial charge is 0.481 e. The summed E-state index contributed by atoms with van der Waals surface area (Å²) in [4.78, 5) is 30.7. The van der Waals surface area contributed by atoms with Crippen molar-refractivity contribution in [2.75, 3.05) is 13.1 Å². The van der Waals surface area contributed by atoms with Crippen LogP contribution in [0.3, 0.4) is 0 Å². The number of aromatic nitrogens is 3. The molecule has 4 rings (SSSR count). The molecule has 1 unspecified atom stereocenters. The second-order valence-corrected chi connectivity index (χ2v) is 7.17. The average Bonchev–Trinajstić information content (AvgIpc) is 3.28. The van der Waals surface area contributed by atoms with Gasteiger partial charge in [0.15, 0.2) is 0 Å². The Balaban J connectivity index is 1.51. The van der Waals surface area contributed by atoms with E-state index in [0.717, 1.165) is 30.7 Å². The molecular formula is C19H22N4O3. The summed E-state index contributed by atoms with van der Waals surface area (Å²) in [6, 6.07) is 9.51. The molecule has 2 aliphatic heterocycles. The first-order valence-electron chi connectivity index (χ1n) is 9.07. The van der Waals surface area contributed by atoms with Crippen molar-refractivity contribution in [3.63, 3.8) is 0 Å². The molecule has 3 atom stereocenters. The molecule has 1 N–H and O–H groups in total. The van der Waals surface area contributed by atoms with Crippen molar-refractivity contribution in [1.82, 2.24) is 19.7 Å². The summed E-state index contributed by atoms with van der Waals surface area (Å²) in [5.74, 6) is -0.621. The number of hydrogen-bond donors (Lipinski definition) is 1. The lowest BCUT2D eigenvalue weighted by molar-refractivity contribution is -0.142. The lowest BCUT2D eigenvalue weighted by Gasteiger charge is -2.27. The van der Waals surface area contributed by atoms with Gasteiger partial charge in [-0.2, -0.15) is 5.10 Å². The first-order valence-corrected chi connectivity index (χ1v) is 9.07. The van der Waals surface area contributed by atoms with Gasteiger partial charge in [-0.15, -0.1) is 0 Å². The molecular weight excluding hydrogens is 332 g/mol. The number of carboxylic acids is 1. The van der Waals surface area contributed by atoms with Gasteiger partial charge in [-0.1, -0.05) is 30.3 Å². The van der Waals surface area contributed by atoms with Crippen LogP contribution in [0.15, 0.2) is 36.7 Å². The fraction of sp³-hybridized carbons (Fsp3) is 0.474. The molecule has 0 saturated carbocycles. The number of likely N-dealkylation sites (tertiary alicyclic amines) is 1. The molecule has 3 heterocycles. The van der Waals surface area contributed by atoms with Gasteiger partial charge < -0.3 is 10.0 Å². The summed E-state index contributed by atoms with van der Waals surface area (Å²) >= 11 is 0. The lowest BCUT2D eigenvalue weighted by atomic mass is 9.90. The van der Waals surface area contributed by atoms with Gasteiger partial charge in [-0.25, -0.2) is 9.67 Å². The normalized spacial score (nSPS) is 25.1. The Hall–Kier alpha value is -2.70. The Bertz CT molecular complexity index is 804. The van der Waals surface area contributed by atoms with E-state index in [0.29, 0.717) is 13.0 Å². The maximum absolute atomic E-state index is 13.1. The van der Waals surface area contributed by atoms with Crippen molar-refractivity contribution in [1.29, 1.82) is 0 Å². The molecule has 0 bridgehead atoms. The number of nitrogens with zero attached hydrogens (tertiary/aromatic N) is 4. The Morgan fingerprint density at radius 1 is 1.19 bits per heavy atom. The highest BCUT2D eigenvalue weighted by atomic mass is 16.4. The Morgan fingerprint density at radius 3 is 2.77 bits per heavy atom. The number of benzene rings is 1. The number of aryl methyl sites for hydroxylation is 1. The molecule has 1 saturated heterocycles. The highest BCUT2D eigenvalue weighted by Gasteiger charge is 2.42. The summed E-state index contributed by atoms with van der Waals surface area (Å²) < 4.78 is 1.71. The van der Waals surface area contributed by atoms with E-state index in [2.05, 4.69) is 10.1 Å². The summed E-state index contributed by atoms with van der Waals surface area (Å²) in [6.45, 7) is 0.747. The minimum atomic E-state index is -0.827. The zero-order valence-corrected chi connectivity index (χ0v) is 14.5. The van der Waals surface area contributed by atoms with Crippen molar-refractivity contribution in [2.24, 2.45) is 11.8 Å². The minimum Gasteiger partial charge on any atom is -0.481 e. The van der Waals surface area contributed by atoms with E-state index in [1.807, 2.05) is 30.3 Å². The molecule has 2 aliphatic rings. The van der Waals surface area contributed by atoms with Crippen molar-refractivity contribution in [3.05, 3.63) is 48.0 Å². The van der Waals surface area contributed by atoms with Gasteiger partial charge in [0.25, 0.3) is 0 Å². The van der Waals surface area contributed by atoms with Gasteiger partial charge in [0.2, 0.25) is 5.91 Å². The van der Waals surface area contributed by atoms with Crippen molar-refractivity contribution < 1.29 is 14.7 Å². The van der Waals surface area contributed by atoms with E-state index in [9.17, 15) is 14.7 Å². The number of fused-ring (bicyclic) bond motifs is 1. The number of carbonyl (C=O) groups excluding carboxylic acids is 1.